The average molecular weight is 298 g/mol. The molecule has 0 saturated heterocycles. The zero-order chi connectivity index (χ0) is 14.8. The van der Waals surface area contributed by atoms with Crippen LogP contribution in [0.4, 0.5) is 0 Å². The lowest BCUT2D eigenvalue weighted by Gasteiger charge is -2.24. The van der Waals surface area contributed by atoms with Crippen molar-refractivity contribution in [3.05, 3.63) is 34.9 Å². The molecule has 0 heterocycles. The lowest BCUT2D eigenvalue weighted by atomic mass is 9.85. The Bertz CT molecular complexity index is 353. The van der Waals surface area contributed by atoms with Crippen molar-refractivity contribution < 1.29 is 4.74 Å². The Hall–Kier alpha value is -0.570. The van der Waals surface area contributed by atoms with Gasteiger partial charge in [-0.3, -0.25) is 0 Å². The van der Waals surface area contributed by atoms with Crippen molar-refractivity contribution in [2.24, 2.45) is 11.8 Å². The molecule has 1 aromatic rings. The largest absolute Gasteiger partial charge is 0.383 e. The van der Waals surface area contributed by atoms with Crippen LogP contribution in [-0.2, 0) is 11.2 Å². The lowest BCUT2D eigenvalue weighted by Crippen LogP contribution is -2.31. The first-order valence-electron chi connectivity index (χ1n) is 7.61. The van der Waals surface area contributed by atoms with E-state index < -0.39 is 0 Å². The van der Waals surface area contributed by atoms with Crippen LogP contribution in [0.1, 0.15) is 32.3 Å². The SMILES string of the molecule is CCCC(C)C(CNCCOC)Cc1ccc(Cl)cc1. The standard InChI is InChI=1S/C17H28ClNO/c1-4-5-14(2)16(13-19-10-11-20-3)12-15-6-8-17(18)9-7-15/h6-9,14,16,19H,4-5,10-13H2,1-3H3. The van der Waals surface area contributed by atoms with Gasteiger partial charge in [0.25, 0.3) is 0 Å². The first-order chi connectivity index (χ1) is 9.67. The summed E-state index contributed by atoms with van der Waals surface area (Å²) in [7, 11) is 1.74. The summed E-state index contributed by atoms with van der Waals surface area (Å²) in [4.78, 5) is 0. The molecule has 0 aliphatic rings. The minimum atomic E-state index is 0.660. The van der Waals surface area contributed by atoms with Gasteiger partial charge in [-0.25, -0.2) is 0 Å². The van der Waals surface area contributed by atoms with E-state index in [0.29, 0.717) is 5.92 Å². The maximum absolute atomic E-state index is 5.95. The Labute approximate surface area is 128 Å². The zero-order valence-electron chi connectivity index (χ0n) is 13.0. The summed E-state index contributed by atoms with van der Waals surface area (Å²) in [6.45, 7) is 7.37. The molecule has 1 rings (SSSR count). The van der Waals surface area contributed by atoms with E-state index in [1.54, 1.807) is 7.11 Å². The Morgan fingerprint density at radius 1 is 1.25 bits per heavy atom. The molecule has 2 atom stereocenters. The number of rotatable bonds is 10. The van der Waals surface area contributed by atoms with Gasteiger partial charge in [-0.05, 0) is 42.5 Å². The van der Waals surface area contributed by atoms with Crippen molar-refractivity contribution in [2.45, 2.75) is 33.1 Å². The second-order valence-electron chi connectivity index (χ2n) is 5.55. The maximum Gasteiger partial charge on any atom is 0.0587 e. The number of hydrogen-bond donors (Lipinski definition) is 1. The summed E-state index contributed by atoms with van der Waals surface area (Å²) in [5, 5.41) is 4.32. The van der Waals surface area contributed by atoms with Gasteiger partial charge in [0.05, 0.1) is 6.61 Å². The average Bonchev–Trinajstić information content (AvgIpc) is 2.44. The molecule has 0 saturated carbocycles. The van der Waals surface area contributed by atoms with Crippen LogP contribution in [0.3, 0.4) is 0 Å². The fourth-order valence-electron chi connectivity index (χ4n) is 2.55. The minimum Gasteiger partial charge on any atom is -0.383 e. The Balaban J connectivity index is 2.54. The molecule has 2 unspecified atom stereocenters. The number of hydrogen-bond acceptors (Lipinski definition) is 2. The topological polar surface area (TPSA) is 21.3 Å². The van der Waals surface area contributed by atoms with E-state index in [4.69, 9.17) is 16.3 Å². The molecule has 0 radical (unpaired) electrons. The van der Waals surface area contributed by atoms with Crippen molar-refractivity contribution >= 4 is 11.6 Å². The highest BCUT2D eigenvalue weighted by Gasteiger charge is 2.16. The van der Waals surface area contributed by atoms with Crippen molar-refractivity contribution in [3.8, 4) is 0 Å². The third-order valence-electron chi connectivity index (χ3n) is 3.85. The molecule has 0 aliphatic carbocycles. The molecule has 0 fully saturated rings. The second-order valence-corrected chi connectivity index (χ2v) is 5.99. The van der Waals surface area contributed by atoms with Crippen LogP contribution in [0.5, 0.6) is 0 Å². The predicted molar refractivity (Wildman–Crippen MR) is 87.5 cm³/mol. The van der Waals surface area contributed by atoms with Gasteiger partial charge >= 0.3 is 0 Å². The molecule has 20 heavy (non-hydrogen) atoms. The summed E-state index contributed by atoms with van der Waals surface area (Å²) in [6.07, 6.45) is 3.64. The highest BCUT2D eigenvalue weighted by Crippen LogP contribution is 2.22. The first kappa shape index (κ1) is 17.5. The molecule has 114 valence electrons. The van der Waals surface area contributed by atoms with Gasteiger partial charge in [0.2, 0.25) is 0 Å². The van der Waals surface area contributed by atoms with E-state index in [-0.39, 0.29) is 0 Å². The van der Waals surface area contributed by atoms with Crippen LogP contribution in [0.2, 0.25) is 5.02 Å². The van der Waals surface area contributed by atoms with Gasteiger partial charge in [0.15, 0.2) is 0 Å². The third-order valence-corrected chi connectivity index (χ3v) is 4.10. The van der Waals surface area contributed by atoms with Crippen LogP contribution in [0.15, 0.2) is 24.3 Å². The lowest BCUT2D eigenvalue weighted by molar-refractivity contribution is 0.195. The smallest absolute Gasteiger partial charge is 0.0587 e. The van der Waals surface area contributed by atoms with E-state index in [2.05, 4.69) is 31.3 Å². The number of halogens is 1. The van der Waals surface area contributed by atoms with Crippen molar-refractivity contribution in [3.63, 3.8) is 0 Å². The Kier molecular flexibility index (Phi) is 8.92. The predicted octanol–water partition coefficient (Wildman–Crippen LogP) is 4.17. The molecule has 3 heteroatoms. The minimum absolute atomic E-state index is 0.660. The summed E-state index contributed by atoms with van der Waals surface area (Å²) in [5.74, 6) is 1.39. The van der Waals surface area contributed by atoms with Gasteiger partial charge < -0.3 is 10.1 Å². The quantitative estimate of drug-likeness (QED) is 0.654. The molecule has 0 bridgehead atoms. The van der Waals surface area contributed by atoms with Gasteiger partial charge in [-0.2, -0.15) is 0 Å². The Morgan fingerprint density at radius 3 is 2.55 bits per heavy atom. The number of nitrogens with one attached hydrogen (secondary N) is 1. The number of methoxy groups -OCH3 is 1. The molecule has 0 aliphatic heterocycles. The monoisotopic (exact) mass is 297 g/mol. The van der Waals surface area contributed by atoms with E-state index in [1.807, 2.05) is 12.1 Å². The fraction of sp³-hybridized carbons (Fsp3) is 0.647. The Morgan fingerprint density at radius 2 is 1.95 bits per heavy atom. The molecule has 0 spiro atoms. The van der Waals surface area contributed by atoms with Gasteiger partial charge in [-0.15, -0.1) is 0 Å². The van der Waals surface area contributed by atoms with Gasteiger partial charge in [-0.1, -0.05) is 50.4 Å². The fourth-order valence-corrected chi connectivity index (χ4v) is 2.68. The van der Waals surface area contributed by atoms with Crippen LogP contribution >= 0.6 is 11.6 Å². The molecule has 0 aromatic heterocycles. The second kappa shape index (κ2) is 10.2. The van der Waals surface area contributed by atoms with Crippen molar-refractivity contribution in [1.29, 1.82) is 0 Å². The normalized spacial score (nSPS) is 14.2. The first-order valence-corrected chi connectivity index (χ1v) is 7.99. The molecule has 1 N–H and O–H groups in total. The third kappa shape index (κ3) is 6.74. The summed E-state index contributed by atoms with van der Waals surface area (Å²) in [6, 6.07) is 8.25. The summed E-state index contributed by atoms with van der Waals surface area (Å²) in [5.41, 5.74) is 1.37. The highest BCUT2D eigenvalue weighted by atomic mass is 35.5. The molecule has 0 amide bonds. The van der Waals surface area contributed by atoms with Gasteiger partial charge in [0.1, 0.15) is 0 Å². The van der Waals surface area contributed by atoms with E-state index in [1.165, 1.54) is 18.4 Å². The van der Waals surface area contributed by atoms with Crippen LogP contribution < -0.4 is 5.32 Å². The van der Waals surface area contributed by atoms with Crippen molar-refractivity contribution in [2.75, 3.05) is 26.8 Å². The molecular formula is C17H28ClNO. The van der Waals surface area contributed by atoms with Crippen LogP contribution in [0, 0.1) is 11.8 Å². The summed E-state index contributed by atoms with van der Waals surface area (Å²) >= 11 is 5.95. The molecule has 1 aromatic carbocycles. The maximum atomic E-state index is 5.95. The van der Waals surface area contributed by atoms with Crippen LogP contribution in [0.25, 0.3) is 0 Å². The van der Waals surface area contributed by atoms with E-state index >= 15 is 0 Å². The summed E-state index contributed by atoms with van der Waals surface area (Å²) < 4.78 is 5.09. The molecule has 2 nitrogen and oxygen atoms in total. The van der Waals surface area contributed by atoms with E-state index in [0.717, 1.165) is 37.1 Å². The van der Waals surface area contributed by atoms with Crippen LogP contribution in [-0.4, -0.2) is 26.8 Å². The number of ether oxygens (including phenoxy) is 1. The van der Waals surface area contributed by atoms with E-state index in [9.17, 15) is 0 Å². The van der Waals surface area contributed by atoms with Gasteiger partial charge in [0, 0.05) is 18.7 Å². The van der Waals surface area contributed by atoms with Crippen molar-refractivity contribution in [1.82, 2.24) is 5.32 Å². The molecular weight excluding hydrogens is 270 g/mol. The zero-order valence-corrected chi connectivity index (χ0v) is 13.7. The number of benzene rings is 1. The highest BCUT2D eigenvalue weighted by molar-refractivity contribution is 6.30.